The van der Waals surface area contributed by atoms with E-state index in [1.165, 1.54) is 97.6 Å². The predicted octanol–water partition coefficient (Wildman–Crippen LogP) is 11.6. The molecule has 0 aromatic heterocycles. The van der Waals surface area contributed by atoms with Crippen LogP contribution in [0.1, 0.15) is 0 Å². The van der Waals surface area contributed by atoms with Gasteiger partial charge < -0.3 is 0 Å². The molecule has 0 saturated carbocycles. The van der Waals surface area contributed by atoms with Crippen LogP contribution < -0.4 is 10.4 Å². The SMILES string of the molecule is c1ccc([SiH2]c2ccc3c(-c4cccc(-c5ccc6ccccc6c5)c4)c4ccccc4c(-c4cc5ccccc5c5ccccc45)c3c2)cc1. The van der Waals surface area contributed by atoms with Crippen LogP contribution in [0.25, 0.3) is 87.2 Å². The Labute approximate surface area is 300 Å². The number of rotatable bonds is 5. The van der Waals surface area contributed by atoms with E-state index < -0.39 is 9.52 Å². The fraction of sp³-hybridized carbons (Fsp3) is 0. The first-order chi connectivity index (χ1) is 25.3. The molecule has 51 heavy (non-hydrogen) atoms. The van der Waals surface area contributed by atoms with Gasteiger partial charge in [-0.25, -0.2) is 0 Å². The van der Waals surface area contributed by atoms with Crippen molar-refractivity contribution >= 4 is 73.8 Å². The summed E-state index contributed by atoms with van der Waals surface area (Å²) in [4.78, 5) is 0. The van der Waals surface area contributed by atoms with Crippen molar-refractivity contribution in [3.05, 3.63) is 194 Å². The van der Waals surface area contributed by atoms with Gasteiger partial charge in [0.25, 0.3) is 0 Å². The summed E-state index contributed by atoms with van der Waals surface area (Å²) in [6.07, 6.45) is 0. The van der Waals surface area contributed by atoms with E-state index >= 15 is 0 Å². The largest absolute Gasteiger partial charge is 0.0875 e. The zero-order valence-corrected chi connectivity index (χ0v) is 29.6. The lowest BCUT2D eigenvalue weighted by Gasteiger charge is -2.20. The van der Waals surface area contributed by atoms with E-state index in [0.717, 1.165) is 0 Å². The van der Waals surface area contributed by atoms with Crippen LogP contribution >= 0.6 is 0 Å². The van der Waals surface area contributed by atoms with Gasteiger partial charge in [-0.2, -0.15) is 0 Å². The van der Waals surface area contributed by atoms with Gasteiger partial charge in [0.15, 0.2) is 0 Å². The first-order valence-electron chi connectivity index (χ1n) is 17.8. The topological polar surface area (TPSA) is 0 Å². The summed E-state index contributed by atoms with van der Waals surface area (Å²) in [5.41, 5.74) is 7.61. The Morgan fingerprint density at radius 1 is 0.255 bits per heavy atom. The highest BCUT2D eigenvalue weighted by atomic mass is 28.2. The Balaban J connectivity index is 1.28. The maximum absolute atomic E-state index is 2.52. The van der Waals surface area contributed by atoms with Gasteiger partial charge in [-0.05, 0) is 105 Å². The molecule has 10 aromatic rings. The lowest BCUT2D eigenvalue weighted by Crippen LogP contribution is -2.26. The third kappa shape index (κ3) is 5.14. The fourth-order valence-corrected chi connectivity index (χ4v) is 9.77. The van der Waals surface area contributed by atoms with Crippen molar-refractivity contribution in [2.45, 2.75) is 0 Å². The van der Waals surface area contributed by atoms with Gasteiger partial charge in [0.05, 0.1) is 9.52 Å². The van der Waals surface area contributed by atoms with Crippen LogP contribution in [0.5, 0.6) is 0 Å². The standard InChI is InChI=1S/C50H34Si/c1-2-18-39(19-3-1)51-40-27-28-46-48(32-40)50(47-31-37-15-6-7-20-41(37)42-21-8-9-22-43(42)47)45-24-11-10-23-44(45)49(46)38-17-12-16-35(30-38)36-26-25-33-13-4-5-14-34(33)29-36/h1-32H,51H2. The lowest BCUT2D eigenvalue weighted by molar-refractivity contribution is 1.63. The molecule has 0 radical (unpaired) electrons. The van der Waals surface area contributed by atoms with Crippen molar-refractivity contribution in [2.24, 2.45) is 0 Å². The van der Waals surface area contributed by atoms with Gasteiger partial charge in [-0.1, -0.05) is 186 Å². The van der Waals surface area contributed by atoms with Crippen molar-refractivity contribution < 1.29 is 0 Å². The second kappa shape index (κ2) is 12.2. The molecular weight excluding hydrogens is 629 g/mol. The first-order valence-corrected chi connectivity index (χ1v) is 19.2. The number of fused-ring (bicyclic) bond motifs is 6. The van der Waals surface area contributed by atoms with Crippen molar-refractivity contribution in [3.8, 4) is 33.4 Å². The Bertz CT molecular complexity index is 2940. The van der Waals surface area contributed by atoms with Crippen LogP contribution in [-0.4, -0.2) is 9.52 Å². The number of benzene rings is 10. The van der Waals surface area contributed by atoms with Crippen LogP contribution in [0, 0.1) is 0 Å². The minimum absolute atomic E-state index is 0.678. The molecule has 1 heteroatoms. The van der Waals surface area contributed by atoms with Crippen LogP contribution in [0.2, 0.25) is 0 Å². The normalized spacial score (nSPS) is 11.8. The second-order valence-corrected chi connectivity index (χ2v) is 15.7. The van der Waals surface area contributed by atoms with Crippen molar-refractivity contribution in [2.75, 3.05) is 0 Å². The van der Waals surface area contributed by atoms with Crippen molar-refractivity contribution in [3.63, 3.8) is 0 Å². The molecule has 0 aliphatic carbocycles. The molecule has 0 nitrogen and oxygen atoms in total. The van der Waals surface area contributed by atoms with Gasteiger partial charge in [0.1, 0.15) is 0 Å². The zero-order chi connectivity index (χ0) is 33.7. The third-order valence-electron chi connectivity index (χ3n) is 10.6. The molecule has 0 unspecified atom stereocenters. The smallest absolute Gasteiger partial charge is 0.0633 e. The summed E-state index contributed by atoms with van der Waals surface area (Å²) in [6.45, 7) is 0. The van der Waals surface area contributed by atoms with Crippen LogP contribution in [0.3, 0.4) is 0 Å². The van der Waals surface area contributed by atoms with Crippen molar-refractivity contribution in [1.29, 1.82) is 0 Å². The summed E-state index contributed by atoms with van der Waals surface area (Å²) < 4.78 is 0. The van der Waals surface area contributed by atoms with E-state index in [1.807, 2.05) is 0 Å². The molecule has 0 fully saturated rings. The van der Waals surface area contributed by atoms with Crippen molar-refractivity contribution in [1.82, 2.24) is 0 Å². The van der Waals surface area contributed by atoms with Gasteiger partial charge in [-0.3, -0.25) is 0 Å². The molecular formula is C50H34Si. The Morgan fingerprint density at radius 3 is 1.69 bits per heavy atom. The second-order valence-electron chi connectivity index (χ2n) is 13.7. The molecule has 0 aliphatic heterocycles. The molecule has 0 saturated heterocycles. The average Bonchev–Trinajstić information content (AvgIpc) is 3.20. The van der Waals surface area contributed by atoms with Crippen LogP contribution in [-0.2, 0) is 0 Å². The maximum atomic E-state index is 2.52. The Hall–Kier alpha value is -6.28. The molecule has 0 N–H and O–H groups in total. The van der Waals surface area contributed by atoms with E-state index in [2.05, 4.69) is 194 Å². The quantitative estimate of drug-likeness (QED) is 0.0977. The van der Waals surface area contributed by atoms with E-state index in [1.54, 1.807) is 0 Å². The molecule has 238 valence electrons. The molecule has 0 aliphatic rings. The molecule has 0 spiro atoms. The van der Waals surface area contributed by atoms with Gasteiger partial charge >= 0.3 is 0 Å². The maximum Gasteiger partial charge on any atom is 0.0875 e. The molecule has 0 bridgehead atoms. The number of hydrogen-bond donors (Lipinski definition) is 0. The van der Waals surface area contributed by atoms with Crippen LogP contribution in [0.15, 0.2) is 194 Å². The highest BCUT2D eigenvalue weighted by Crippen LogP contribution is 2.46. The summed E-state index contributed by atoms with van der Waals surface area (Å²) in [6, 6.07) is 72.2. The van der Waals surface area contributed by atoms with Gasteiger partial charge in [0.2, 0.25) is 0 Å². The monoisotopic (exact) mass is 662 g/mol. The molecule has 0 atom stereocenters. The third-order valence-corrected chi connectivity index (χ3v) is 12.3. The number of hydrogen-bond acceptors (Lipinski definition) is 0. The van der Waals surface area contributed by atoms with Gasteiger partial charge in [0, 0.05) is 0 Å². The molecule has 10 rings (SSSR count). The van der Waals surface area contributed by atoms with E-state index in [0.29, 0.717) is 0 Å². The Morgan fingerprint density at radius 2 is 0.863 bits per heavy atom. The summed E-state index contributed by atoms with van der Waals surface area (Å²) in [5.74, 6) is 0. The summed E-state index contributed by atoms with van der Waals surface area (Å²) >= 11 is 0. The highest BCUT2D eigenvalue weighted by molar-refractivity contribution is 6.67. The Kier molecular flexibility index (Phi) is 7.11. The minimum atomic E-state index is -0.678. The summed E-state index contributed by atoms with van der Waals surface area (Å²) in [5, 5.41) is 15.8. The first kappa shape index (κ1) is 29.6. The highest BCUT2D eigenvalue weighted by Gasteiger charge is 2.20. The fourth-order valence-electron chi connectivity index (χ4n) is 8.25. The molecule has 0 amide bonds. The average molecular weight is 663 g/mol. The minimum Gasteiger partial charge on any atom is -0.0633 e. The lowest BCUT2D eigenvalue weighted by atomic mass is 9.83. The van der Waals surface area contributed by atoms with E-state index in [4.69, 9.17) is 0 Å². The predicted molar refractivity (Wildman–Crippen MR) is 225 cm³/mol. The van der Waals surface area contributed by atoms with Gasteiger partial charge in [-0.15, -0.1) is 0 Å². The zero-order valence-electron chi connectivity index (χ0n) is 28.2. The molecule has 0 heterocycles. The summed E-state index contributed by atoms with van der Waals surface area (Å²) in [7, 11) is -0.678. The van der Waals surface area contributed by atoms with E-state index in [-0.39, 0.29) is 0 Å². The van der Waals surface area contributed by atoms with Crippen LogP contribution in [0.4, 0.5) is 0 Å². The van der Waals surface area contributed by atoms with E-state index in [9.17, 15) is 0 Å². The molecule has 10 aromatic carbocycles.